The largest absolute Gasteiger partial charge is 0.315 e. The van der Waals surface area contributed by atoms with Gasteiger partial charge < -0.3 is 5.32 Å². The van der Waals surface area contributed by atoms with Gasteiger partial charge >= 0.3 is 0 Å². The molecule has 0 spiro atoms. The smallest absolute Gasteiger partial charge is 0.0703 e. The lowest BCUT2D eigenvalue weighted by molar-refractivity contribution is 0.560. The van der Waals surface area contributed by atoms with Gasteiger partial charge in [-0.15, -0.1) is 0 Å². The van der Waals surface area contributed by atoms with Gasteiger partial charge in [-0.1, -0.05) is 31.2 Å². The Hall–Kier alpha value is -1.33. The molecule has 17 heavy (non-hydrogen) atoms. The third-order valence-corrected chi connectivity index (χ3v) is 3.58. The van der Waals surface area contributed by atoms with E-state index in [0.717, 1.165) is 38.8 Å². The molecule has 0 amide bonds. The number of aryl methyl sites for hydroxylation is 1. The van der Waals surface area contributed by atoms with Gasteiger partial charge in [0.1, 0.15) is 0 Å². The van der Waals surface area contributed by atoms with Gasteiger partial charge in [0.05, 0.1) is 11.5 Å². The fourth-order valence-corrected chi connectivity index (χ4v) is 1.98. The van der Waals surface area contributed by atoms with Crippen molar-refractivity contribution in [3.05, 3.63) is 35.4 Å². The molecule has 1 saturated carbocycles. The summed E-state index contributed by atoms with van der Waals surface area (Å²) in [5.74, 6) is 0. The molecular formula is C15H20N2. The van der Waals surface area contributed by atoms with Crippen LogP contribution in [0.5, 0.6) is 0 Å². The van der Waals surface area contributed by atoms with Crippen molar-refractivity contribution in [3.8, 4) is 6.07 Å². The number of nitrogens with zero attached hydrogens (tertiary/aromatic N) is 1. The molecule has 0 unspecified atom stereocenters. The van der Waals surface area contributed by atoms with Crippen molar-refractivity contribution < 1.29 is 0 Å². The number of rotatable bonds is 6. The summed E-state index contributed by atoms with van der Waals surface area (Å²) in [5, 5.41) is 12.3. The number of hydrogen-bond acceptors (Lipinski definition) is 2. The van der Waals surface area contributed by atoms with Crippen LogP contribution in [0.25, 0.3) is 0 Å². The standard InChI is InChI=1S/C15H20N2/c1-2-13-3-5-14(6-4-13)7-10-17-12-15(11-16)8-9-15/h3-6,17H,2,7-10,12H2,1H3. The van der Waals surface area contributed by atoms with Crippen molar-refractivity contribution >= 4 is 0 Å². The summed E-state index contributed by atoms with van der Waals surface area (Å²) in [6.07, 6.45) is 4.29. The second kappa shape index (κ2) is 5.33. The number of nitrogens with one attached hydrogen (secondary N) is 1. The van der Waals surface area contributed by atoms with E-state index >= 15 is 0 Å². The van der Waals surface area contributed by atoms with E-state index in [1.165, 1.54) is 11.1 Å². The van der Waals surface area contributed by atoms with Crippen LogP contribution < -0.4 is 5.32 Å². The predicted octanol–water partition coefficient (Wildman–Crippen LogP) is 2.68. The molecule has 0 aromatic heterocycles. The third-order valence-electron chi connectivity index (χ3n) is 3.58. The SMILES string of the molecule is CCc1ccc(CCNCC2(C#N)CC2)cc1. The van der Waals surface area contributed by atoms with E-state index in [2.05, 4.69) is 42.6 Å². The monoisotopic (exact) mass is 228 g/mol. The first-order chi connectivity index (χ1) is 8.28. The van der Waals surface area contributed by atoms with Gasteiger partial charge in [0.15, 0.2) is 0 Å². The number of hydrogen-bond donors (Lipinski definition) is 1. The molecule has 1 aliphatic rings. The Balaban J connectivity index is 1.69. The topological polar surface area (TPSA) is 35.8 Å². The molecule has 0 saturated heterocycles. The Morgan fingerprint density at radius 2 is 1.88 bits per heavy atom. The van der Waals surface area contributed by atoms with Crippen molar-refractivity contribution in [3.63, 3.8) is 0 Å². The summed E-state index contributed by atoms with van der Waals surface area (Å²) in [6.45, 7) is 4.00. The predicted molar refractivity (Wildman–Crippen MR) is 69.7 cm³/mol. The lowest BCUT2D eigenvalue weighted by Crippen LogP contribution is -2.25. The van der Waals surface area contributed by atoms with E-state index in [9.17, 15) is 0 Å². The van der Waals surface area contributed by atoms with Crippen molar-refractivity contribution in [2.24, 2.45) is 5.41 Å². The minimum atomic E-state index is -0.0218. The van der Waals surface area contributed by atoms with E-state index in [4.69, 9.17) is 5.26 Å². The Morgan fingerprint density at radius 3 is 2.41 bits per heavy atom. The van der Waals surface area contributed by atoms with E-state index in [1.807, 2.05) is 0 Å². The van der Waals surface area contributed by atoms with Crippen molar-refractivity contribution in [1.82, 2.24) is 5.32 Å². The summed E-state index contributed by atoms with van der Waals surface area (Å²) in [7, 11) is 0. The molecule has 2 heteroatoms. The molecule has 0 bridgehead atoms. The highest BCUT2D eigenvalue weighted by molar-refractivity contribution is 5.22. The highest BCUT2D eigenvalue weighted by Gasteiger charge is 2.42. The zero-order chi connectivity index (χ0) is 12.1. The average molecular weight is 228 g/mol. The first kappa shape index (κ1) is 12.1. The van der Waals surface area contributed by atoms with Gasteiger partial charge in [-0.25, -0.2) is 0 Å². The van der Waals surface area contributed by atoms with Crippen LogP contribution in [-0.2, 0) is 12.8 Å². The molecule has 2 rings (SSSR count). The molecular weight excluding hydrogens is 208 g/mol. The molecule has 0 atom stereocenters. The van der Waals surface area contributed by atoms with Crippen LogP contribution in [0.1, 0.15) is 30.9 Å². The van der Waals surface area contributed by atoms with Gasteiger partial charge in [0, 0.05) is 6.54 Å². The van der Waals surface area contributed by atoms with Crippen molar-refractivity contribution in [1.29, 1.82) is 5.26 Å². The van der Waals surface area contributed by atoms with Crippen LogP contribution in [0.2, 0.25) is 0 Å². The Labute approximate surface area is 104 Å². The minimum absolute atomic E-state index is 0.0218. The highest BCUT2D eigenvalue weighted by Crippen LogP contribution is 2.43. The quantitative estimate of drug-likeness (QED) is 0.760. The summed E-state index contributed by atoms with van der Waals surface area (Å²) in [4.78, 5) is 0. The first-order valence-electron chi connectivity index (χ1n) is 6.48. The molecule has 1 aromatic rings. The van der Waals surface area contributed by atoms with Gasteiger partial charge in [-0.2, -0.15) is 5.26 Å². The Kier molecular flexibility index (Phi) is 3.81. The first-order valence-corrected chi connectivity index (χ1v) is 6.48. The third kappa shape index (κ3) is 3.31. The van der Waals surface area contributed by atoms with Crippen molar-refractivity contribution in [2.75, 3.05) is 13.1 Å². The minimum Gasteiger partial charge on any atom is -0.315 e. The Morgan fingerprint density at radius 1 is 1.24 bits per heavy atom. The molecule has 90 valence electrons. The second-order valence-electron chi connectivity index (χ2n) is 4.99. The molecule has 0 heterocycles. The van der Waals surface area contributed by atoms with Gasteiger partial charge in [0.25, 0.3) is 0 Å². The zero-order valence-corrected chi connectivity index (χ0v) is 10.5. The lowest BCUT2D eigenvalue weighted by Gasteiger charge is -2.08. The molecule has 2 nitrogen and oxygen atoms in total. The van der Waals surface area contributed by atoms with Gasteiger partial charge in [0.2, 0.25) is 0 Å². The van der Waals surface area contributed by atoms with E-state index < -0.39 is 0 Å². The van der Waals surface area contributed by atoms with Gasteiger partial charge in [-0.05, 0) is 43.4 Å². The summed E-state index contributed by atoms with van der Waals surface area (Å²) in [6, 6.07) is 11.2. The molecule has 0 radical (unpaired) electrons. The fraction of sp³-hybridized carbons (Fsp3) is 0.533. The highest BCUT2D eigenvalue weighted by atomic mass is 14.9. The zero-order valence-electron chi connectivity index (χ0n) is 10.5. The lowest BCUT2D eigenvalue weighted by atomic mass is 10.1. The number of nitriles is 1. The van der Waals surface area contributed by atoms with E-state index in [0.29, 0.717) is 0 Å². The van der Waals surface area contributed by atoms with E-state index in [-0.39, 0.29) is 5.41 Å². The maximum atomic E-state index is 8.94. The molecule has 1 fully saturated rings. The summed E-state index contributed by atoms with van der Waals surface area (Å²) >= 11 is 0. The van der Waals surface area contributed by atoms with Crippen LogP contribution in [-0.4, -0.2) is 13.1 Å². The molecule has 1 aromatic carbocycles. The van der Waals surface area contributed by atoms with Crippen LogP contribution in [0.15, 0.2) is 24.3 Å². The summed E-state index contributed by atoms with van der Waals surface area (Å²) in [5.41, 5.74) is 2.74. The maximum Gasteiger partial charge on any atom is 0.0703 e. The van der Waals surface area contributed by atoms with Crippen LogP contribution in [0.3, 0.4) is 0 Å². The van der Waals surface area contributed by atoms with Crippen molar-refractivity contribution in [2.45, 2.75) is 32.6 Å². The fourth-order valence-electron chi connectivity index (χ4n) is 1.98. The van der Waals surface area contributed by atoms with Crippen LogP contribution in [0.4, 0.5) is 0 Å². The van der Waals surface area contributed by atoms with Crippen LogP contribution in [0, 0.1) is 16.7 Å². The number of benzene rings is 1. The average Bonchev–Trinajstić information content (AvgIpc) is 3.16. The normalized spacial score (nSPS) is 16.5. The second-order valence-corrected chi connectivity index (χ2v) is 4.99. The molecule has 1 N–H and O–H groups in total. The maximum absolute atomic E-state index is 8.94. The van der Waals surface area contributed by atoms with E-state index in [1.54, 1.807) is 0 Å². The van der Waals surface area contributed by atoms with Crippen LogP contribution >= 0.6 is 0 Å². The summed E-state index contributed by atoms with van der Waals surface area (Å²) < 4.78 is 0. The molecule has 0 aliphatic heterocycles. The Bertz CT molecular complexity index is 396. The van der Waals surface area contributed by atoms with Gasteiger partial charge in [-0.3, -0.25) is 0 Å². The molecule has 1 aliphatic carbocycles.